The van der Waals surface area contributed by atoms with Crippen LogP contribution in [0.4, 0.5) is 0 Å². The van der Waals surface area contributed by atoms with Crippen molar-refractivity contribution in [3.8, 4) is 10.6 Å². The van der Waals surface area contributed by atoms with Gasteiger partial charge in [-0.25, -0.2) is 14.5 Å². The van der Waals surface area contributed by atoms with E-state index in [4.69, 9.17) is 4.74 Å². The summed E-state index contributed by atoms with van der Waals surface area (Å²) in [6.07, 6.45) is 0. The summed E-state index contributed by atoms with van der Waals surface area (Å²) in [5.74, 6) is -0.430. The molecule has 0 aliphatic heterocycles. The van der Waals surface area contributed by atoms with E-state index < -0.39 is 5.97 Å². The molecule has 0 saturated carbocycles. The maximum Gasteiger partial charge on any atom is 0.350 e. The van der Waals surface area contributed by atoms with Gasteiger partial charge in [0.2, 0.25) is 0 Å². The third-order valence-corrected chi connectivity index (χ3v) is 5.73. The second kappa shape index (κ2) is 7.67. The van der Waals surface area contributed by atoms with E-state index in [9.17, 15) is 9.59 Å². The Kier molecular flexibility index (Phi) is 5.47. The van der Waals surface area contributed by atoms with Crippen molar-refractivity contribution in [3.63, 3.8) is 0 Å². The summed E-state index contributed by atoms with van der Waals surface area (Å²) in [7, 11) is 1.61. The molecule has 2 aromatic heterocycles. The molecule has 28 heavy (non-hydrogen) atoms. The Morgan fingerprint density at radius 1 is 1.07 bits per heavy atom. The van der Waals surface area contributed by atoms with Crippen molar-refractivity contribution in [2.45, 2.75) is 41.2 Å². The van der Waals surface area contributed by atoms with Crippen LogP contribution in [0, 0.1) is 34.6 Å². The minimum atomic E-state index is -0.430. The lowest BCUT2D eigenvalue weighted by Gasteiger charge is -2.07. The van der Waals surface area contributed by atoms with Gasteiger partial charge >= 0.3 is 5.97 Å². The number of carbonyl (C=O) groups is 1. The van der Waals surface area contributed by atoms with E-state index in [2.05, 4.69) is 16.1 Å². The van der Waals surface area contributed by atoms with Gasteiger partial charge in [0.05, 0.1) is 17.0 Å². The van der Waals surface area contributed by atoms with Crippen LogP contribution in [0.1, 0.15) is 43.3 Å². The molecule has 0 spiro atoms. The molecular weight excluding hydrogens is 374 g/mol. The quantitative estimate of drug-likeness (QED) is 0.626. The summed E-state index contributed by atoms with van der Waals surface area (Å²) in [6, 6.07) is 6.07. The van der Waals surface area contributed by atoms with Crippen LogP contribution in [-0.2, 0) is 18.4 Å². The van der Waals surface area contributed by atoms with E-state index >= 15 is 0 Å². The molecule has 0 N–H and O–H groups in total. The smallest absolute Gasteiger partial charge is 0.350 e. The number of benzene rings is 1. The Balaban J connectivity index is 1.89. The van der Waals surface area contributed by atoms with Crippen LogP contribution in [0.5, 0.6) is 0 Å². The molecule has 0 unspecified atom stereocenters. The highest BCUT2D eigenvalue weighted by Crippen LogP contribution is 2.29. The molecule has 146 valence electrons. The fraction of sp³-hybridized carbons (Fsp3) is 0.333. The first kappa shape index (κ1) is 19.9. The maximum absolute atomic E-state index is 12.6. The van der Waals surface area contributed by atoms with Gasteiger partial charge in [-0.05, 0) is 45.7 Å². The molecule has 3 rings (SSSR count). The van der Waals surface area contributed by atoms with Crippen molar-refractivity contribution in [3.05, 3.63) is 67.1 Å². The average Bonchev–Trinajstić information content (AvgIpc) is 2.99. The topological polar surface area (TPSA) is 74.1 Å². The maximum atomic E-state index is 12.6. The molecule has 0 aliphatic rings. The number of aryl methyl sites for hydroxylation is 5. The molecule has 1 aromatic carbocycles. The van der Waals surface area contributed by atoms with Gasteiger partial charge in [-0.1, -0.05) is 29.3 Å². The van der Waals surface area contributed by atoms with E-state index in [-0.39, 0.29) is 12.2 Å². The first-order valence-electron chi connectivity index (χ1n) is 8.94. The number of thiazole rings is 1. The number of hydrogen-bond donors (Lipinski definition) is 0. The Morgan fingerprint density at radius 2 is 1.71 bits per heavy atom. The highest BCUT2D eigenvalue weighted by Gasteiger charge is 2.22. The van der Waals surface area contributed by atoms with Crippen LogP contribution in [-0.4, -0.2) is 20.7 Å². The van der Waals surface area contributed by atoms with E-state index in [1.165, 1.54) is 16.0 Å². The van der Waals surface area contributed by atoms with Gasteiger partial charge in [0.1, 0.15) is 16.5 Å². The fourth-order valence-corrected chi connectivity index (χ4v) is 4.21. The standard InChI is InChI=1S/C21H23N3O3S/c1-11-7-12(2)9-16(8-11)10-27-21(26)18-15(5)22-19(28-18)17-13(3)14(4)23-24(6)20(17)25/h7-9H,10H2,1-6H3. The number of carbonyl (C=O) groups excluding carboxylic acids is 1. The summed E-state index contributed by atoms with van der Waals surface area (Å²) in [4.78, 5) is 30.0. The van der Waals surface area contributed by atoms with Crippen LogP contribution in [0.3, 0.4) is 0 Å². The molecule has 2 heterocycles. The molecular formula is C21H23N3O3S. The summed E-state index contributed by atoms with van der Waals surface area (Å²) in [6.45, 7) is 9.66. The summed E-state index contributed by atoms with van der Waals surface area (Å²) < 4.78 is 6.80. The number of ether oxygens (including phenoxy) is 1. The lowest BCUT2D eigenvalue weighted by molar-refractivity contribution is 0.0477. The average molecular weight is 398 g/mol. The minimum absolute atomic E-state index is 0.198. The van der Waals surface area contributed by atoms with Crippen molar-refractivity contribution in [1.29, 1.82) is 0 Å². The van der Waals surface area contributed by atoms with Gasteiger partial charge in [0.15, 0.2) is 0 Å². The van der Waals surface area contributed by atoms with Crippen LogP contribution in [0.25, 0.3) is 10.6 Å². The zero-order chi connectivity index (χ0) is 20.6. The van der Waals surface area contributed by atoms with Crippen molar-refractivity contribution in [1.82, 2.24) is 14.8 Å². The molecule has 7 heteroatoms. The third-order valence-electron chi connectivity index (χ3n) is 4.57. The van der Waals surface area contributed by atoms with Gasteiger partial charge in [0.25, 0.3) is 5.56 Å². The predicted octanol–water partition coefficient (Wildman–Crippen LogP) is 3.80. The van der Waals surface area contributed by atoms with Crippen LogP contribution in [0.2, 0.25) is 0 Å². The molecule has 0 bridgehead atoms. The van der Waals surface area contributed by atoms with Crippen molar-refractivity contribution in [2.24, 2.45) is 7.05 Å². The van der Waals surface area contributed by atoms with Gasteiger partial charge in [-0.2, -0.15) is 5.10 Å². The highest BCUT2D eigenvalue weighted by molar-refractivity contribution is 7.17. The highest BCUT2D eigenvalue weighted by atomic mass is 32.1. The summed E-state index contributed by atoms with van der Waals surface area (Å²) in [5.41, 5.74) is 5.53. The molecule has 0 aliphatic carbocycles. The molecule has 0 fully saturated rings. The Labute approximate surface area is 167 Å². The Bertz CT molecular complexity index is 1110. The monoisotopic (exact) mass is 397 g/mol. The van der Waals surface area contributed by atoms with Gasteiger partial charge < -0.3 is 4.74 Å². The first-order chi connectivity index (χ1) is 13.2. The van der Waals surface area contributed by atoms with E-state index in [1.54, 1.807) is 14.0 Å². The van der Waals surface area contributed by atoms with Crippen molar-refractivity contribution in [2.75, 3.05) is 0 Å². The van der Waals surface area contributed by atoms with Crippen LogP contribution >= 0.6 is 11.3 Å². The second-order valence-corrected chi connectivity index (χ2v) is 8.02. The molecule has 0 atom stereocenters. The minimum Gasteiger partial charge on any atom is -0.457 e. The van der Waals surface area contributed by atoms with Gasteiger partial charge in [-0.3, -0.25) is 4.79 Å². The SMILES string of the molecule is Cc1cc(C)cc(COC(=O)c2sc(-c3c(C)c(C)nn(C)c3=O)nc2C)c1. The lowest BCUT2D eigenvalue weighted by Crippen LogP contribution is -2.23. The van der Waals surface area contributed by atoms with Gasteiger partial charge in [-0.15, -0.1) is 11.3 Å². The number of rotatable bonds is 4. The normalized spacial score (nSPS) is 10.9. The summed E-state index contributed by atoms with van der Waals surface area (Å²) in [5, 5.41) is 4.70. The summed E-state index contributed by atoms with van der Waals surface area (Å²) >= 11 is 1.18. The molecule has 3 aromatic rings. The van der Waals surface area contributed by atoms with E-state index in [0.29, 0.717) is 21.1 Å². The second-order valence-electron chi connectivity index (χ2n) is 7.02. The van der Waals surface area contributed by atoms with Crippen molar-refractivity contribution >= 4 is 17.3 Å². The molecule has 0 radical (unpaired) electrons. The van der Waals surface area contributed by atoms with E-state index in [0.717, 1.165) is 27.9 Å². The number of hydrogen-bond acceptors (Lipinski definition) is 6. The third kappa shape index (κ3) is 3.89. The van der Waals surface area contributed by atoms with E-state index in [1.807, 2.05) is 39.8 Å². The molecule has 0 saturated heterocycles. The Hall–Kier alpha value is -2.80. The number of aromatic nitrogens is 3. The zero-order valence-corrected chi connectivity index (χ0v) is 17.7. The van der Waals surface area contributed by atoms with Crippen molar-refractivity contribution < 1.29 is 9.53 Å². The molecule has 6 nitrogen and oxygen atoms in total. The van der Waals surface area contributed by atoms with Crippen LogP contribution in [0.15, 0.2) is 23.0 Å². The van der Waals surface area contributed by atoms with Crippen LogP contribution < -0.4 is 5.56 Å². The molecule has 0 amide bonds. The predicted molar refractivity (Wildman–Crippen MR) is 110 cm³/mol. The fourth-order valence-electron chi connectivity index (χ4n) is 3.16. The zero-order valence-electron chi connectivity index (χ0n) is 16.9. The first-order valence-corrected chi connectivity index (χ1v) is 9.75. The number of nitrogens with zero attached hydrogens (tertiary/aromatic N) is 3. The Morgan fingerprint density at radius 3 is 2.36 bits per heavy atom. The largest absolute Gasteiger partial charge is 0.457 e. The number of esters is 1. The van der Waals surface area contributed by atoms with Gasteiger partial charge in [0, 0.05) is 7.05 Å². The lowest BCUT2D eigenvalue weighted by atomic mass is 10.1.